The first kappa shape index (κ1) is 25.4. The zero-order valence-corrected chi connectivity index (χ0v) is 25.5. The molecule has 0 amide bonds. The number of fused-ring (bicyclic) bond motifs is 3. The first-order valence-corrected chi connectivity index (χ1v) is 14.3. The van der Waals surface area contributed by atoms with Crippen molar-refractivity contribution in [3.63, 3.8) is 0 Å². The van der Waals surface area contributed by atoms with Gasteiger partial charge in [0, 0.05) is 0 Å². The van der Waals surface area contributed by atoms with Crippen molar-refractivity contribution < 1.29 is 24.7 Å². The monoisotopic (exact) mass is 547 g/mol. The van der Waals surface area contributed by atoms with Gasteiger partial charge in [0.1, 0.15) is 0 Å². The van der Waals surface area contributed by atoms with Gasteiger partial charge >= 0.3 is 234 Å². The topological polar surface area (TPSA) is 0 Å². The molecule has 0 unspecified atom stereocenters. The molecule has 1 aliphatic carbocycles. The third kappa shape index (κ3) is 4.28. The van der Waals surface area contributed by atoms with Crippen LogP contribution in [0.3, 0.4) is 0 Å². The zero-order chi connectivity index (χ0) is 26.0. The molecule has 0 bridgehead atoms. The molecule has 1 heteroatoms. The molecule has 4 aromatic carbocycles. The molecule has 0 radical (unpaired) electrons. The van der Waals surface area contributed by atoms with Crippen molar-refractivity contribution >= 4 is 3.27 Å². The van der Waals surface area contributed by atoms with Gasteiger partial charge in [0.05, 0.1) is 0 Å². The first-order valence-electron chi connectivity index (χ1n) is 13.1. The van der Waals surface area contributed by atoms with E-state index in [1.54, 1.807) is 0 Å². The Hall–Kier alpha value is -2.24. The average Bonchev–Trinajstić information content (AvgIpc) is 3.16. The molecule has 5 rings (SSSR count). The summed E-state index contributed by atoms with van der Waals surface area (Å²) in [6.45, 7) is 18.6. The predicted molar refractivity (Wildman–Crippen MR) is 152 cm³/mol. The average molecular weight is 549 g/mol. The Labute approximate surface area is 233 Å². The standard InChI is InChI=1S/C35H37.Zr/c1-22-13-9-11-15-26(22)30-18-24-17-25-19-31(27-16-12-10-14-23(27)2)33(35(6,7)8)21-29(25)28(24)20-32(30)34(3,4)5;/h9-16,18,20-21H,17H2,1-8H3;. The van der Waals surface area contributed by atoms with Crippen molar-refractivity contribution in [1.82, 2.24) is 0 Å². The van der Waals surface area contributed by atoms with Gasteiger partial charge in [-0.2, -0.15) is 0 Å². The minimum atomic E-state index is 0.0596. The summed E-state index contributed by atoms with van der Waals surface area (Å²) in [4.78, 5) is 0. The van der Waals surface area contributed by atoms with E-state index in [-0.39, 0.29) is 10.8 Å². The van der Waals surface area contributed by atoms with Crippen LogP contribution in [0.1, 0.15) is 74.9 Å². The van der Waals surface area contributed by atoms with Gasteiger partial charge < -0.3 is 0 Å². The molecule has 1 aliphatic rings. The van der Waals surface area contributed by atoms with Gasteiger partial charge in [0.2, 0.25) is 0 Å². The van der Waals surface area contributed by atoms with E-state index in [1.165, 1.54) is 94.8 Å². The van der Waals surface area contributed by atoms with Crippen LogP contribution in [-0.4, -0.2) is 0 Å². The molecule has 0 spiro atoms. The summed E-state index contributed by atoms with van der Waals surface area (Å²) in [5, 5.41) is 0. The Morgan fingerprint density at radius 3 is 1.67 bits per heavy atom. The van der Waals surface area contributed by atoms with Crippen molar-refractivity contribution in [2.45, 2.75) is 72.6 Å². The van der Waals surface area contributed by atoms with Gasteiger partial charge in [-0.1, -0.05) is 0 Å². The Bertz CT molecular complexity index is 1490. The molecular weight excluding hydrogens is 512 g/mol. The summed E-state index contributed by atoms with van der Waals surface area (Å²) in [6.07, 6.45) is 1.03. The van der Waals surface area contributed by atoms with Crippen LogP contribution >= 0.6 is 0 Å². The normalized spacial score (nSPS) is 13.0. The van der Waals surface area contributed by atoms with E-state index in [4.69, 9.17) is 0 Å². The van der Waals surface area contributed by atoms with E-state index in [2.05, 4.69) is 122 Å². The summed E-state index contributed by atoms with van der Waals surface area (Å²) < 4.78 is 1.53. The number of rotatable bonds is 2. The van der Waals surface area contributed by atoms with Crippen LogP contribution in [0.2, 0.25) is 0 Å². The summed E-state index contributed by atoms with van der Waals surface area (Å²) in [6, 6.07) is 25.3. The van der Waals surface area contributed by atoms with Crippen LogP contribution in [0.4, 0.5) is 0 Å². The molecule has 0 aromatic heterocycles. The van der Waals surface area contributed by atoms with Crippen molar-refractivity contribution in [3.8, 4) is 33.4 Å². The van der Waals surface area contributed by atoms with Gasteiger partial charge in [-0.25, -0.2) is 0 Å². The van der Waals surface area contributed by atoms with Crippen LogP contribution < -0.4 is 3.27 Å². The van der Waals surface area contributed by atoms with Crippen molar-refractivity contribution in [1.29, 1.82) is 0 Å². The maximum absolute atomic E-state index is 2.54. The SMILES string of the molecule is Cc1ccccc1-c1cc2c(cc1C(C)(C)C)-c1cc(C(C)(C)C)c(-c3ccccc3C)[c]([Zr])c1C2. The molecule has 4 aromatic rings. The van der Waals surface area contributed by atoms with Crippen LogP contribution in [0.15, 0.2) is 66.7 Å². The molecule has 0 nitrogen and oxygen atoms in total. The van der Waals surface area contributed by atoms with Gasteiger partial charge in [0.25, 0.3) is 0 Å². The molecule has 0 atom stereocenters. The second-order valence-electron chi connectivity index (χ2n) is 12.6. The number of hydrogen-bond donors (Lipinski definition) is 0. The Kier molecular flexibility index (Phi) is 6.32. The van der Waals surface area contributed by atoms with Gasteiger partial charge in [0.15, 0.2) is 0 Å². The van der Waals surface area contributed by atoms with E-state index >= 15 is 0 Å². The molecular formula is C35H37Zr. The second kappa shape index (κ2) is 8.95. The van der Waals surface area contributed by atoms with Gasteiger partial charge in [-0.15, -0.1) is 0 Å². The number of benzene rings is 4. The van der Waals surface area contributed by atoms with E-state index < -0.39 is 0 Å². The molecule has 0 fully saturated rings. The minimum absolute atomic E-state index is 0.0596. The summed E-state index contributed by atoms with van der Waals surface area (Å²) in [7, 11) is 0. The molecule has 181 valence electrons. The van der Waals surface area contributed by atoms with E-state index in [1.807, 2.05) is 0 Å². The Morgan fingerprint density at radius 2 is 1.11 bits per heavy atom. The van der Waals surface area contributed by atoms with Crippen LogP contribution in [0.5, 0.6) is 0 Å². The van der Waals surface area contributed by atoms with Crippen LogP contribution in [0, 0.1) is 13.8 Å². The molecule has 0 aliphatic heterocycles. The van der Waals surface area contributed by atoms with Crippen molar-refractivity contribution in [2.75, 3.05) is 0 Å². The number of aryl methyl sites for hydroxylation is 2. The van der Waals surface area contributed by atoms with Crippen LogP contribution in [-0.2, 0) is 42.0 Å². The fourth-order valence-electron chi connectivity index (χ4n) is 5.82. The third-order valence-electron chi connectivity index (χ3n) is 7.80. The van der Waals surface area contributed by atoms with Gasteiger partial charge in [-0.3, -0.25) is 0 Å². The van der Waals surface area contributed by atoms with E-state index in [0.29, 0.717) is 0 Å². The second-order valence-corrected chi connectivity index (χ2v) is 13.8. The van der Waals surface area contributed by atoms with Crippen molar-refractivity contribution in [3.05, 3.63) is 100 Å². The third-order valence-corrected chi connectivity index (χ3v) is 9.16. The van der Waals surface area contributed by atoms with E-state index in [9.17, 15) is 0 Å². The molecule has 0 saturated heterocycles. The molecule has 36 heavy (non-hydrogen) atoms. The fraction of sp³-hybridized carbons (Fsp3) is 0.314. The first-order chi connectivity index (χ1) is 16.9. The van der Waals surface area contributed by atoms with Crippen molar-refractivity contribution in [2.24, 2.45) is 0 Å². The molecule has 0 N–H and O–H groups in total. The Balaban J connectivity index is 1.81. The molecule has 0 heterocycles. The quantitative estimate of drug-likeness (QED) is 0.206. The fourth-order valence-corrected chi connectivity index (χ4v) is 7.03. The van der Waals surface area contributed by atoms with Gasteiger partial charge in [-0.05, 0) is 0 Å². The van der Waals surface area contributed by atoms with E-state index in [0.717, 1.165) is 6.42 Å². The maximum atomic E-state index is 2.54. The summed E-state index contributed by atoms with van der Waals surface area (Å²) >= 11 is 1.50. The Morgan fingerprint density at radius 1 is 0.583 bits per heavy atom. The summed E-state index contributed by atoms with van der Waals surface area (Å²) in [5.74, 6) is 0. The summed E-state index contributed by atoms with van der Waals surface area (Å²) in [5.41, 5.74) is 17.3. The zero-order valence-electron chi connectivity index (χ0n) is 23.1. The molecule has 0 saturated carbocycles. The number of hydrogen-bond acceptors (Lipinski definition) is 0. The predicted octanol–water partition coefficient (Wildman–Crippen LogP) is 8.98. The van der Waals surface area contributed by atoms with Crippen LogP contribution in [0.25, 0.3) is 33.4 Å².